The van der Waals surface area contributed by atoms with Gasteiger partial charge in [-0.2, -0.15) is 0 Å². The molecule has 0 atom stereocenters. The molecule has 2 aromatic rings. The van der Waals surface area contributed by atoms with Gasteiger partial charge in [0.05, 0.1) is 12.1 Å². The molecule has 0 spiro atoms. The van der Waals surface area contributed by atoms with E-state index in [2.05, 4.69) is 15.3 Å². The molecule has 0 aliphatic heterocycles. The van der Waals surface area contributed by atoms with Crippen LogP contribution in [-0.2, 0) is 6.54 Å². The van der Waals surface area contributed by atoms with Crippen LogP contribution in [0.25, 0.3) is 0 Å². The van der Waals surface area contributed by atoms with Crippen molar-refractivity contribution >= 4 is 23.1 Å². The normalized spacial score (nSPS) is 10.0. The zero-order valence-electron chi connectivity index (χ0n) is 8.25. The first-order valence-corrected chi connectivity index (χ1v) is 5.45. The number of rotatable bonds is 4. The lowest BCUT2D eigenvalue weighted by Crippen LogP contribution is -2.04. The summed E-state index contributed by atoms with van der Waals surface area (Å²) in [4.78, 5) is 19.6. The summed E-state index contributed by atoms with van der Waals surface area (Å²) in [5.74, 6) is -0.477. The number of nitrogens with zero attached hydrogens (tertiary/aromatic N) is 2. The van der Waals surface area contributed by atoms with E-state index in [1.165, 1.54) is 17.4 Å². The molecule has 0 aromatic carbocycles. The van der Waals surface area contributed by atoms with Crippen molar-refractivity contribution in [3.05, 3.63) is 40.5 Å². The Kier molecular flexibility index (Phi) is 3.11. The number of aromatic carboxylic acids is 1. The van der Waals surface area contributed by atoms with E-state index in [4.69, 9.17) is 5.11 Å². The van der Waals surface area contributed by atoms with Crippen molar-refractivity contribution in [1.29, 1.82) is 0 Å². The molecule has 0 saturated carbocycles. The van der Waals surface area contributed by atoms with Crippen LogP contribution < -0.4 is 5.32 Å². The van der Waals surface area contributed by atoms with Crippen LogP contribution in [0.3, 0.4) is 0 Å². The van der Waals surface area contributed by atoms with Crippen molar-refractivity contribution in [2.75, 3.05) is 5.32 Å². The van der Waals surface area contributed by atoms with E-state index in [0.29, 0.717) is 12.4 Å². The molecule has 2 heterocycles. The number of hydrogen-bond acceptors (Lipinski definition) is 5. The van der Waals surface area contributed by atoms with Crippen molar-refractivity contribution in [1.82, 2.24) is 9.97 Å². The molecule has 2 rings (SSSR count). The molecule has 0 aliphatic carbocycles. The fourth-order valence-electron chi connectivity index (χ4n) is 1.16. The Labute approximate surface area is 95.8 Å². The third kappa shape index (κ3) is 2.54. The van der Waals surface area contributed by atoms with Crippen molar-refractivity contribution in [3.63, 3.8) is 0 Å². The lowest BCUT2D eigenvalue weighted by molar-refractivity contribution is 0.0690. The molecule has 2 N–H and O–H groups in total. The molecule has 0 unspecified atom stereocenters. The SMILES string of the molecule is O=C(O)c1cccc(NCc2cncs2)n1. The maximum atomic E-state index is 10.7. The number of carbonyl (C=O) groups is 1. The largest absolute Gasteiger partial charge is 0.477 e. The predicted octanol–water partition coefficient (Wildman–Crippen LogP) is 1.85. The highest BCUT2D eigenvalue weighted by Gasteiger charge is 2.04. The van der Waals surface area contributed by atoms with Crippen LogP contribution in [0.2, 0.25) is 0 Å². The van der Waals surface area contributed by atoms with Gasteiger partial charge in [-0.05, 0) is 12.1 Å². The molecular weight excluding hydrogens is 226 g/mol. The minimum atomic E-state index is -1.03. The zero-order chi connectivity index (χ0) is 11.4. The van der Waals surface area contributed by atoms with Gasteiger partial charge in [0.15, 0.2) is 5.69 Å². The van der Waals surface area contributed by atoms with Crippen LogP contribution >= 0.6 is 11.3 Å². The Morgan fingerprint density at radius 2 is 2.38 bits per heavy atom. The van der Waals surface area contributed by atoms with Gasteiger partial charge in [-0.3, -0.25) is 4.98 Å². The smallest absolute Gasteiger partial charge is 0.354 e. The van der Waals surface area contributed by atoms with Crippen LogP contribution in [0, 0.1) is 0 Å². The number of carboxylic acids is 1. The van der Waals surface area contributed by atoms with E-state index in [1.807, 2.05) is 0 Å². The zero-order valence-corrected chi connectivity index (χ0v) is 9.07. The van der Waals surface area contributed by atoms with Gasteiger partial charge < -0.3 is 10.4 Å². The van der Waals surface area contributed by atoms with E-state index in [1.54, 1.807) is 23.8 Å². The monoisotopic (exact) mass is 235 g/mol. The number of anilines is 1. The molecule has 0 aliphatic rings. The van der Waals surface area contributed by atoms with Gasteiger partial charge in [0.1, 0.15) is 5.82 Å². The Bertz CT molecular complexity index is 485. The average Bonchev–Trinajstić information content (AvgIpc) is 2.79. The Morgan fingerprint density at radius 1 is 1.50 bits per heavy atom. The topological polar surface area (TPSA) is 75.1 Å². The lowest BCUT2D eigenvalue weighted by atomic mass is 10.3. The van der Waals surface area contributed by atoms with Crippen molar-refractivity contribution in [2.24, 2.45) is 0 Å². The van der Waals surface area contributed by atoms with E-state index >= 15 is 0 Å². The molecule has 0 amide bonds. The third-order valence-corrected chi connectivity index (χ3v) is 2.68. The van der Waals surface area contributed by atoms with Crippen molar-refractivity contribution in [2.45, 2.75) is 6.54 Å². The first kappa shape index (κ1) is 10.6. The summed E-state index contributed by atoms with van der Waals surface area (Å²) in [6, 6.07) is 4.85. The van der Waals surface area contributed by atoms with Gasteiger partial charge in [0.2, 0.25) is 0 Å². The molecule has 82 valence electrons. The van der Waals surface area contributed by atoms with Crippen LogP contribution in [0.1, 0.15) is 15.4 Å². The fraction of sp³-hybridized carbons (Fsp3) is 0.100. The summed E-state index contributed by atoms with van der Waals surface area (Å²) in [5.41, 5.74) is 1.78. The number of thiazole rings is 1. The van der Waals surface area contributed by atoms with Gasteiger partial charge in [0, 0.05) is 11.1 Å². The van der Waals surface area contributed by atoms with Crippen molar-refractivity contribution in [3.8, 4) is 0 Å². The number of hydrogen-bond donors (Lipinski definition) is 2. The molecule has 0 fully saturated rings. The first-order chi connectivity index (χ1) is 7.75. The summed E-state index contributed by atoms with van der Waals surface area (Å²) < 4.78 is 0. The minimum Gasteiger partial charge on any atom is -0.477 e. The van der Waals surface area contributed by atoms with Gasteiger partial charge in [0.25, 0.3) is 0 Å². The fourth-order valence-corrected chi connectivity index (χ4v) is 1.69. The molecule has 5 nitrogen and oxygen atoms in total. The predicted molar refractivity (Wildman–Crippen MR) is 60.6 cm³/mol. The molecule has 2 aromatic heterocycles. The van der Waals surface area contributed by atoms with Gasteiger partial charge >= 0.3 is 5.97 Å². The number of pyridine rings is 1. The molecule has 6 heteroatoms. The summed E-state index contributed by atoms with van der Waals surface area (Å²) in [7, 11) is 0. The van der Waals surface area contributed by atoms with Crippen LogP contribution in [0.5, 0.6) is 0 Å². The number of aromatic nitrogens is 2. The highest BCUT2D eigenvalue weighted by atomic mass is 32.1. The van der Waals surface area contributed by atoms with E-state index in [-0.39, 0.29) is 5.69 Å². The maximum Gasteiger partial charge on any atom is 0.354 e. The van der Waals surface area contributed by atoms with Crippen LogP contribution in [0.4, 0.5) is 5.82 Å². The lowest BCUT2D eigenvalue weighted by Gasteiger charge is -2.03. The van der Waals surface area contributed by atoms with Gasteiger partial charge in [-0.25, -0.2) is 9.78 Å². The van der Waals surface area contributed by atoms with Crippen LogP contribution in [0.15, 0.2) is 29.9 Å². The van der Waals surface area contributed by atoms with Crippen molar-refractivity contribution < 1.29 is 9.90 Å². The molecule has 0 bridgehead atoms. The molecular formula is C10H9N3O2S. The summed E-state index contributed by atoms with van der Waals surface area (Å²) in [6.45, 7) is 0.598. The van der Waals surface area contributed by atoms with E-state index in [0.717, 1.165) is 4.88 Å². The Morgan fingerprint density at radius 3 is 3.06 bits per heavy atom. The van der Waals surface area contributed by atoms with Gasteiger partial charge in [-0.15, -0.1) is 11.3 Å². The molecule has 16 heavy (non-hydrogen) atoms. The van der Waals surface area contributed by atoms with E-state index < -0.39 is 5.97 Å². The third-order valence-electron chi connectivity index (χ3n) is 1.90. The second kappa shape index (κ2) is 4.71. The second-order valence-electron chi connectivity index (χ2n) is 3.03. The average molecular weight is 235 g/mol. The highest BCUT2D eigenvalue weighted by molar-refractivity contribution is 7.09. The van der Waals surface area contributed by atoms with Crippen LogP contribution in [-0.4, -0.2) is 21.0 Å². The van der Waals surface area contributed by atoms with E-state index in [9.17, 15) is 4.79 Å². The molecule has 0 radical (unpaired) electrons. The summed E-state index contributed by atoms with van der Waals surface area (Å²) in [6.07, 6.45) is 1.76. The first-order valence-electron chi connectivity index (χ1n) is 4.57. The highest BCUT2D eigenvalue weighted by Crippen LogP contribution is 2.10. The standard InChI is InChI=1S/C10H9N3O2S/c14-10(15)8-2-1-3-9(13-8)12-5-7-4-11-6-16-7/h1-4,6H,5H2,(H,12,13)(H,14,15). The Hall–Kier alpha value is -1.95. The maximum absolute atomic E-state index is 10.7. The number of nitrogens with one attached hydrogen (secondary N) is 1. The quantitative estimate of drug-likeness (QED) is 0.845. The molecule has 0 saturated heterocycles. The summed E-state index contributed by atoms with van der Waals surface area (Å²) in [5, 5.41) is 11.8. The Balaban J connectivity index is 2.04. The second-order valence-corrected chi connectivity index (χ2v) is 4.01. The van der Waals surface area contributed by atoms with Gasteiger partial charge in [-0.1, -0.05) is 6.07 Å². The minimum absolute atomic E-state index is 0.0364. The summed E-state index contributed by atoms with van der Waals surface area (Å²) >= 11 is 1.53. The number of carboxylic acid groups (broad SMARTS) is 1.